The molecule has 2 amide bonds. The zero-order valence-electron chi connectivity index (χ0n) is 13.7. The number of thioether (sulfide) groups is 1. The number of thiophene rings is 1. The molecule has 0 fully saturated rings. The van der Waals surface area contributed by atoms with Gasteiger partial charge in [0.25, 0.3) is 5.91 Å². The molecule has 1 aromatic heterocycles. The number of unbranched alkanes of at least 4 members (excludes halogenated alkanes) is 1. The van der Waals surface area contributed by atoms with Gasteiger partial charge in [-0.05, 0) is 55.1 Å². The van der Waals surface area contributed by atoms with E-state index in [9.17, 15) is 9.59 Å². The molecule has 1 heterocycles. The van der Waals surface area contributed by atoms with Crippen LogP contribution >= 0.6 is 35.5 Å². The van der Waals surface area contributed by atoms with Crippen LogP contribution in [0, 0.1) is 0 Å². The second-order valence-electron chi connectivity index (χ2n) is 5.10. The molecule has 0 saturated heterocycles. The first-order chi connectivity index (χ1) is 11.7. The van der Waals surface area contributed by atoms with Crippen LogP contribution in [-0.2, 0) is 4.79 Å². The molecule has 8 heteroatoms. The van der Waals surface area contributed by atoms with E-state index in [1.165, 1.54) is 11.8 Å². The molecule has 25 heavy (non-hydrogen) atoms. The van der Waals surface area contributed by atoms with Crippen molar-refractivity contribution in [1.29, 1.82) is 0 Å². The largest absolute Gasteiger partial charge is 0.352 e. The average molecular weight is 400 g/mol. The summed E-state index contributed by atoms with van der Waals surface area (Å²) in [4.78, 5) is 23.9. The summed E-state index contributed by atoms with van der Waals surface area (Å²) in [6.07, 6.45) is 1.77. The van der Waals surface area contributed by atoms with E-state index >= 15 is 0 Å². The number of amides is 2. The molecule has 2 rings (SSSR count). The van der Waals surface area contributed by atoms with E-state index in [0.717, 1.165) is 17.1 Å². The maximum absolute atomic E-state index is 11.9. The summed E-state index contributed by atoms with van der Waals surface area (Å²) >= 11 is 3.13. The Morgan fingerprint density at radius 3 is 2.52 bits per heavy atom. The number of hydrogen-bond acceptors (Lipinski definition) is 5. The van der Waals surface area contributed by atoms with Gasteiger partial charge in [-0.25, -0.2) is 0 Å². The van der Waals surface area contributed by atoms with Crippen molar-refractivity contribution in [2.24, 2.45) is 5.73 Å². The van der Waals surface area contributed by atoms with Crippen molar-refractivity contribution < 1.29 is 9.59 Å². The van der Waals surface area contributed by atoms with Crippen LogP contribution in [0.1, 0.15) is 23.2 Å². The van der Waals surface area contributed by atoms with Gasteiger partial charge in [-0.1, -0.05) is 6.07 Å². The molecule has 0 atom stereocenters. The van der Waals surface area contributed by atoms with Gasteiger partial charge in [0.1, 0.15) is 0 Å². The lowest BCUT2D eigenvalue weighted by molar-refractivity contribution is -0.113. The van der Waals surface area contributed by atoms with Crippen molar-refractivity contribution in [3.63, 3.8) is 0 Å². The molecule has 0 aliphatic rings. The predicted molar refractivity (Wildman–Crippen MR) is 108 cm³/mol. The summed E-state index contributed by atoms with van der Waals surface area (Å²) < 4.78 is 1.12. The van der Waals surface area contributed by atoms with Gasteiger partial charge in [-0.15, -0.1) is 35.5 Å². The monoisotopic (exact) mass is 399 g/mol. The Hall–Kier alpha value is -1.54. The maximum atomic E-state index is 11.9. The van der Waals surface area contributed by atoms with Crippen molar-refractivity contribution in [2.45, 2.75) is 17.1 Å². The standard InChI is InChI=1S/C17H21N3O2S2.ClH/c18-9-1-2-10-19-17(22)13-5-7-14(8-6-13)20-15(21)12-24-16-4-3-11-23-16;/h3-8,11H,1-2,9-10,12,18H2,(H,19,22)(H,20,21);1H. The lowest BCUT2D eigenvalue weighted by Crippen LogP contribution is -2.24. The molecule has 2 aromatic rings. The lowest BCUT2D eigenvalue weighted by atomic mass is 10.2. The fourth-order valence-electron chi connectivity index (χ4n) is 1.96. The first kappa shape index (κ1) is 21.5. The summed E-state index contributed by atoms with van der Waals surface area (Å²) in [7, 11) is 0. The Morgan fingerprint density at radius 2 is 1.88 bits per heavy atom. The highest BCUT2D eigenvalue weighted by atomic mass is 35.5. The molecule has 0 spiro atoms. The number of rotatable bonds is 9. The fourth-order valence-corrected chi connectivity index (χ4v) is 3.54. The van der Waals surface area contributed by atoms with Gasteiger partial charge in [0.15, 0.2) is 0 Å². The van der Waals surface area contributed by atoms with E-state index in [0.29, 0.717) is 30.1 Å². The van der Waals surface area contributed by atoms with Gasteiger partial charge in [0.05, 0.1) is 9.96 Å². The quantitative estimate of drug-likeness (QED) is 0.446. The van der Waals surface area contributed by atoms with Crippen molar-refractivity contribution >= 4 is 53.0 Å². The van der Waals surface area contributed by atoms with Crippen LogP contribution in [0.3, 0.4) is 0 Å². The number of nitrogens with two attached hydrogens (primary N) is 1. The molecule has 5 nitrogen and oxygen atoms in total. The van der Waals surface area contributed by atoms with Crippen molar-refractivity contribution in [3.8, 4) is 0 Å². The summed E-state index contributed by atoms with van der Waals surface area (Å²) in [6, 6.07) is 10.8. The van der Waals surface area contributed by atoms with Gasteiger partial charge in [0, 0.05) is 17.8 Å². The van der Waals surface area contributed by atoms with Crippen LogP contribution < -0.4 is 16.4 Å². The molecule has 0 aliphatic heterocycles. The van der Waals surface area contributed by atoms with E-state index < -0.39 is 0 Å². The smallest absolute Gasteiger partial charge is 0.251 e. The summed E-state index contributed by atoms with van der Waals surface area (Å²) in [5.41, 5.74) is 6.68. The van der Waals surface area contributed by atoms with Crippen LogP contribution in [0.5, 0.6) is 0 Å². The van der Waals surface area contributed by atoms with E-state index in [4.69, 9.17) is 5.73 Å². The van der Waals surface area contributed by atoms with Crippen molar-refractivity contribution in [3.05, 3.63) is 47.3 Å². The highest BCUT2D eigenvalue weighted by Crippen LogP contribution is 2.23. The van der Waals surface area contributed by atoms with Gasteiger partial charge >= 0.3 is 0 Å². The minimum absolute atomic E-state index is 0. The molecule has 0 saturated carbocycles. The minimum atomic E-state index is -0.113. The fraction of sp³-hybridized carbons (Fsp3) is 0.294. The number of carbonyl (C=O) groups excluding carboxylic acids is 2. The van der Waals surface area contributed by atoms with Crippen LogP contribution in [0.2, 0.25) is 0 Å². The molecule has 4 N–H and O–H groups in total. The van der Waals surface area contributed by atoms with E-state index in [1.54, 1.807) is 35.6 Å². The molecule has 0 aliphatic carbocycles. The number of benzene rings is 1. The van der Waals surface area contributed by atoms with E-state index in [2.05, 4.69) is 10.6 Å². The molecule has 0 bridgehead atoms. The van der Waals surface area contributed by atoms with Gasteiger partial charge in [-0.2, -0.15) is 0 Å². The zero-order valence-corrected chi connectivity index (χ0v) is 16.1. The van der Waals surface area contributed by atoms with Gasteiger partial charge in [0.2, 0.25) is 5.91 Å². The lowest BCUT2D eigenvalue weighted by Gasteiger charge is -2.07. The molecule has 1 aromatic carbocycles. The van der Waals surface area contributed by atoms with E-state index in [-0.39, 0.29) is 24.2 Å². The zero-order chi connectivity index (χ0) is 17.2. The number of anilines is 1. The van der Waals surface area contributed by atoms with Crippen molar-refractivity contribution in [2.75, 3.05) is 24.2 Å². The summed E-state index contributed by atoms with van der Waals surface area (Å²) in [6.45, 7) is 1.25. The first-order valence-corrected chi connectivity index (χ1v) is 9.60. The van der Waals surface area contributed by atoms with Gasteiger partial charge < -0.3 is 16.4 Å². The Labute approximate surface area is 162 Å². The molecule has 0 radical (unpaired) electrons. The maximum Gasteiger partial charge on any atom is 0.251 e. The Morgan fingerprint density at radius 1 is 1.12 bits per heavy atom. The third-order valence-corrected chi connectivity index (χ3v) is 5.32. The second-order valence-corrected chi connectivity index (χ2v) is 7.32. The third-order valence-electron chi connectivity index (χ3n) is 3.19. The number of nitrogens with one attached hydrogen (secondary N) is 2. The average Bonchev–Trinajstić information content (AvgIpc) is 3.11. The third kappa shape index (κ3) is 7.92. The number of hydrogen-bond donors (Lipinski definition) is 3. The highest BCUT2D eigenvalue weighted by Gasteiger charge is 2.07. The summed E-state index contributed by atoms with van der Waals surface area (Å²) in [5, 5.41) is 7.66. The highest BCUT2D eigenvalue weighted by molar-refractivity contribution is 8.01. The Balaban J connectivity index is 0.00000312. The van der Waals surface area contributed by atoms with E-state index in [1.807, 2.05) is 17.5 Å². The summed E-state index contributed by atoms with van der Waals surface area (Å²) in [5.74, 6) is 0.190. The van der Waals surface area contributed by atoms with Crippen LogP contribution in [-0.4, -0.2) is 30.7 Å². The van der Waals surface area contributed by atoms with Crippen LogP contribution in [0.4, 0.5) is 5.69 Å². The normalized spacial score (nSPS) is 9.96. The van der Waals surface area contributed by atoms with Gasteiger partial charge in [-0.3, -0.25) is 9.59 Å². The van der Waals surface area contributed by atoms with Crippen LogP contribution in [0.15, 0.2) is 46.0 Å². The molecule has 136 valence electrons. The topological polar surface area (TPSA) is 84.2 Å². The second kappa shape index (κ2) is 11.9. The molecule has 0 unspecified atom stereocenters. The first-order valence-electron chi connectivity index (χ1n) is 7.73. The molecular formula is C17H22ClN3O2S2. The predicted octanol–water partition coefficient (Wildman–Crippen LogP) is 3.37. The molecular weight excluding hydrogens is 378 g/mol. The SMILES string of the molecule is Cl.NCCCCNC(=O)c1ccc(NC(=O)CSc2cccs2)cc1. The minimum Gasteiger partial charge on any atom is -0.352 e. The Bertz CT molecular complexity index is 648. The van der Waals surface area contributed by atoms with Crippen molar-refractivity contribution in [1.82, 2.24) is 5.32 Å². The Kier molecular flexibility index (Phi) is 10.3. The number of carbonyl (C=O) groups is 2. The number of halogens is 1. The van der Waals surface area contributed by atoms with Crippen LogP contribution in [0.25, 0.3) is 0 Å².